The Bertz CT molecular complexity index is 1090. The number of aromatic nitrogens is 3. The number of amides is 1. The van der Waals surface area contributed by atoms with E-state index in [0.29, 0.717) is 18.2 Å². The van der Waals surface area contributed by atoms with E-state index in [0.717, 1.165) is 28.4 Å². The molecule has 1 atom stereocenters. The summed E-state index contributed by atoms with van der Waals surface area (Å²) in [7, 11) is 1.63. The summed E-state index contributed by atoms with van der Waals surface area (Å²) in [5.74, 6) is 1.46. The highest BCUT2D eigenvalue weighted by Crippen LogP contribution is 2.29. The van der Waals surface area contributed by atoms with E-state index < -0.39 is 5.25 Å². The lowest BCUT2D eigenvalue weighted by Crippen LogP contribution is -2.37. The van der Waals surface area contributed by atoms with Crippen molar-refractivity contribution in [2.45, 2.75) is 44.1 Å². The van der Waals surface area contributed by atoms with Gasteiger partial charge in [-0.3, -0.25) is 4.79 Å². The van der Waals surface area contributed by atoms with Crippen LogP contribution in [0.25, 0.3) is 11.4 Å². The van der Waals surface area contributed by atoms with Gasteiger partial charge >= 0.3 is 0 Å². The number of carbonyl (C=O) groups excluding carboxylic acids is 1. The van der Waals surface area contributed by atoms with Crippen LogP contribution in [0.15, 0.2) is 53.7 Å². The SMILES string of the molecule is CCn1c(SC(C)C(=O)N(CCC#N)c2ccc(C)cc2)nnc1-c1ccc(OC)cc1. The van der Waals surface area contributed by atoms with Crippen molar-refractivity contribution in [3.05, 3.63) is 54.1 Å². The van der Waals surface area contributed by atoms with E-state index in [-0.39, 0.29) is 12.3 Å². The lowest BCUT2D eigenvalue weighted by atomic mass is 10.2. The average molecular weight is 450 g/mol. The lowest BCUT2D eigenvalue weighted by Gasteiger charge is -2.25. The first-order chi connectivity index (χ1) is 15.5. The Labute approximate surface area is 193 Å². The topological polar surface area (TPSA) is 84.0 Å². The summed E-state index contributed by atoms with van der Waals surface area (Å²) in [4.78, 5) is 15.0. The minimum atomic E-state index is -0.395. The molecule has 2 aromatic carbocycles. The van der Waals surface area contributed by atoms with Crippen LogP contribution in [-0.2, 0) is 11.3 Å². The van der Waals surface area contributed by atoms with E-state index >= 15 is 0 Å². The zero-order chi connectivity index (χ0) is 23.1. The number of nitrogens with zero attached hydrogens (tertiary/aromatic N) is 5. The first-order valence-electron chi connectivity index (χ1n) is 10.5. The molecule has 0 radical (unpaired) electrons. The molecule has 32 heavy (non-hydrogen) atoms. The van der Waals surface area contributed by atoms with Crippen LogP contribution in [0.2, 0.25) is 0 Å². The molecule has 0 aliphatic rings. The van der Waals surface area contributed by atoms with Crippen molar-refractivity contribution < 1.29 is 9.53 Å². The maximum absolute atomic E-state index is 13.3. The molecule has 1 heterocycles. The number of carbonyl (C=O) groups is 1. The Kier molecular flexibility index (Phi) is 7.90. The van der Waals surface area contributed by atoms with Crippen LogP contribution in [0.4, 0.5) is 5.69 Å². The lowest BCUT2D eigenvalue weighted by molar-refractivity contribution is -0.117. The van der Waals surface area contributed by atoms with Gasteiger partial charge in [0.2, 0.25) is 5.91 Å². The van der Waals surface area contributed by atoms with E-state index in [2.05, 4.69) is 16.3 Å². The fourth-order valence-electron chi connectivity index (χ4n) is 3.30. The van der Waals surface area contributed by atoms with E-state index in [1.807, 2.05) is 73.9 Å². The van der Waals surface area contributed by atoms with Crippen LogP contribution in [0.3, 0.4) is 0 Å². The molecule has 0 fully saturated rings. The first kappa shape index (κ1) is 23.4. The number of anilines is 1. The molecule has 0 N–H and O–H groups in total. The molecule has 0 aliphatic carbocycles. The number of benzene rings is 2. The fourth-order valence-corrected chi connectivity index (χ4v) is 4.27. The second-order valence-electron chi connectivity index (χ2n) is 7.27. The molecule has 8 heteroatoms. The molecule has 0 spiro atoms. The molecule has 3 aromatic rings. The minimum absolute atomic E-state index is 0.0641. The first-order valence-corrected chi connectivity index (χ1v) is 11.4. The number of rotatable bonds is 9. The van der Waals surface area contributed by atoms with Gasteiger partial charge in [0.1, 0.15) is 5.75 Å². The molecule has 0 bridgehead atoms. The van der Waals surface area contributed by atoms with E-state index in [1.165, 1.54) is 11.8 Å². The molecular formula is C24H27N5O2S. The Hall–Kier alpha value is -3.31. The molecule has 7 nitrogen and oxygen atoms in total. The summed E-state index contributed by atoms with van der Waals surface area (Å²) in [6.45, 7) is 6.91. The van der Waals surface area contributed by atoms with Gasteiger partial charge in [-0.2, -0.15) is 5.26 Å². The number of hydrogen-bond donors (Lipinski definition) is 0. The normalized spacial score (nSPS) is 11.6. The largest absolute Gasteiger partial charge is 0.497 e. The summed E-state index contributed by atoms with van der Waals surface area (Å²) >= 11 is 1.38. The summed E-state index contributed by atoms with van der Waals surface area (Å²) < 4.78 is 7.23. The third kappa shape index (κ3) is 5.29. The number of hydrogen-bond acceptors (Lipinski definition) is 6. The molecule has 0 saturated carbocycles. The van der Waals surface area contributed by atoms with Crippen molar-refractivity contribution in [2.75, 3.05) is 18.6 Å². The predicted molar refractivity (Wildman–Crippen MR) is 127 cm³/mol. The minimum Gasteiger partial charge on any atom is -0.497 e. The van der Waals surface area contributed by atoms with Gasteiger partial charge in [0, 0.05) is 24.3 Å². The monoisotopic (exact) mass is 449 g/mol. The van der Waals surface area contributed by atoms with Gasteiger partial charge in [-0.1, -0.05) is 29.5 Å². The quantitative estimate of drug-likeness (QED) is 0.440. The van der Waals surface area contributed by atoms with Crippen LogP contribution >= 0.6 is 11.8 Å². The second kappa shape index (κ2) is 10.8. The van der Waals surface area contributed by atoms with Crippen molar-refractivity contribution in [3.8, 4) is 23.2 Å². The predicted octanol–water partition coefficient (Wildman–Crippen LogP) is 4.71. The van der Waals surface area contributed by atoms with Crippen molar-refractivity contribution >= 4 is 23.4 Å². The van der Waals surface area contributed by atoms with Gasteiger partial charge in [-0.05, 0) is 57.2 Å². The van der Waals surface area contributed by atoms with Crippen LogP contribution in [0, 0.1) is 18.3 Å². The molecule has 3 rings (SSSR count). The average Bonchev–Trinajstić information content (AvgIpc) is 3.22. The Balaban J connectivity index is 1.82. The summed E-state index contributed by atoms with van der Waals surface area (Å²) in [5.41, 5.74) is 2.84. The highest BCUT2D eigenvalue weighted by Gasteiger charge is 2.25. The standard InChI is InChI=1S/C24H27N5O2S/c1-5-28-22(19-9-13-21(31-4)14-10-19)26-27-24(28)32-18(3)23(30)29(16-6-15-25)20-11-7-17(2)8-12-20/h7-14,18H,5-6,16H2,1-4H3. The van der Waals surface area contributed by atoms with Crippen LogP contribution in [0.5, 0.6) is 5.75 Å². The number of thioether (sulfide) groups is 1. The summed E-state index contributed by atoms with van der Waals surface area (Å²) in [6.07, 6.45) is 0.268. The maximum Gasteiger partial charge on any atom is 0.240 e. The molecule has 0 saturated heterocycles. The van der Waals surface area contributed by atoms with Gasteiger partial charge in [0.15, 0.2) is 11.0 Å². The van der Waals surface area contributed by atoms with E-state index in [9.17, 15) is 4.79 Å². The highest BCUT2D eigenvalue weighted by molar-refractivity contribution is 8.00. The van der Waals surface area contributed by atoms with Crippen molar-refractivity contribution in [3.63, 3.8) is 0 Å². The van der Waals surface area contributed by atoms with Crippen molar-refractivity contribution in [1.82, 2.24) is 14.8 Å². The molecular weight excluding hydrogens is 422 g/mol. The van der Waals surface area contributed by atoms with Gasteiger partial charge < -0.3 is 14.2 Å². The van der Waals surface area contributed by atoms with E-state index in [4.69, 9.17) is 10.00 Å². The zero-order valence-electron chi connectivity index (χ0n) is 18.8. The van der Waals surface area contributed by atoms with Gasteiger partial charge in [0.25, 0.3) is 0 Å². The van der Waals surface area contributed by atoms with Crippen LogP contribution in [0.1, 0.15) is 25.8 Å². The molecule has 1 unspecified atom stereocenters. The Morgan fingerprint density at radius 2 is 1.88 bits per heavy atom. The van der Waals surface area contributed by atoms with Gasteiger partial charge in [-0.15, -0.1) is 10.2 Å². The molecule has 1 amide bonds. The van der Waals surface area contributed by atoms with Crippen LogP contribution < -0.4 is 9.64 Å². The van der Waals surface area contributed by atoms with Crippen molar-refractivity contribution in [2.24, 2.45) is 0 Å². The van der Waals surface area contributed by atoms with Gasteiger partial charge in [-0.25, -0.2) is 0 Å². The van der Waals surface area contributed by atoms with Gasteiger partial charge in [0.05, 0.1) is 24.8 Å². The number of methoxy groups -OCH3 is 1. The highest BCUT2D eigenvalue weighted by atomic mass is 32.2. The van der Waals surface area contributed by atoms with Crippen molar-refractivity contribution in [1.29, 1.82) is 5.26 Å². The summed E-state index contributed by atoms with van der Waals surface area (Å²) in [5, 5.41) is 18.1. The molecule has 166 valence electrons. The number of ether oxygens (including phenoxy) is 1. The Morgan fingerprint density at radius 3 is 2.47 bits per heavy atom. The summed E-state index contributed by atoms with van der Waals surface area (Å²) in [6, 6.07) is 17.6. The fraction of sp³-hybridized carbons (Fsp3) is 0.333. The number of nitriles is 1. The van der Waals surface area contributed by atoms with E-state index in [1.54, 1.807) is 12.0 Å². The zero-order valence-corrected chi connectivity index (χ0v) is 19.6. The smallest absolute Gasteiger partial charge is 0.240 e. The third-order valence-electron chi connectivity index (χ3n) is 5.07. The number of aryl methyl sites for hydroxylation is 1. The molecule has 1 aromatic heterocycles. The Morgan fingerprint density at radius 1 is 1.19 bits per heavy atom. The molecule has 0 aliphatic heterocycles. The maximum atomic E-state index is 13.3. The second-order valence-corrected chi connectivity index (χ2v) is 8.58. The van der Waals surface area contributed by atoms with Crippen LogP contribution in [-0.4, -0.2) is 39.6 Å². The third-order valence-corrected chi connectivity index (χ3v) is 6.14.